The first-order valence-corrected chi connectivity index (χ1v) is 10.5. The molecule has 0 fully saturated rings. The zero-order chi connectivity index (χ0) is 20.1. The minimum atomic E-state index is -0.366. The van der Waals surface area contributed by atoms with E-state index in [1.54, 1.807) is 29.1 Å². The third-order valence-corrected chi connectivity index (χ3v) is 6.08. The van der Waals surface area contributed by atoms with Gasteiger partial charge in [-0.1, -0.05) is 36.1 Å². The van der Waals surface area contributed by atoms with Gasteiger partial charge < -0.3 is 10.6 Å². The Morgan fingerprint density at radius 3 is 2.89 bits per heavy atom. The summed E-state index contributed by atoms with van der Waals surface area (Å²) in [4.78, 5) is 12.5. The Bertz CT molecular complexity index is 944. The summed E-state index contributed by atoms with van der Waals surface area (Å²) in [7, 11) is 0. The number of rotatable bonds is 8. The number of carbonyl (C=O) groups excluding carboxylic acids is 1. The van der Waals surface area contributed by atoms with E-state index in [4.69, 9.17) is 0 Å². The lowest BCUT2D eigenvalue weighted by Crippen LogP contribution is -2.24. The Morgan fingerprint density at radius 1 is 1.32 bits per heavy atom. The number of carbonyl (C=O) groups is 1. The van der Waals surface area contributed by atoms with E-state index in [0.29, 0.717) is 21.0 Å². The van der Waals surface area contributed by atoms with Crippen molar-refractivity contribution in [3.8, 4) is 0 Å². The van der Waals surface area contributed by atoms with Gasteiger partial charge in [0.25, 0.3) is 0 Å². The van der Waals surface area contributed by atoms with Gasteiger partial charge in [-0.2, -0.15) is 5.10 Å². The van der Waals surface area contributed by atoms with E-state index < -0.39 is 0 Å². The van der Waals surface area contributed by atoms with Gasteiger partial charge in [0.15, 0.2) is 4.34 Å². The zero-order valence-electron chi connectivity index (χ0n) is 15.7. The number of thioether (sulfide) groups is 1. The second-order valence-corrected chi connectivity index (χ2v) is 8.74. The molecule has 0 aliphatic heterocycles. The van der Waals surface area contributed by atoms with Crippen molar-refractivity contribution < 1.29 is 9.18 Å². The highest BCUT2D eigenvalue weighted by Gasteiger charge is 2.19. The maximum atomic E-state index is 13.3. The monoisotopic (exact) mass is 420 g/mol. The van der Waals surface area contributed by atoms with Crippen LogP contribution in [0.1, 0.15) is 33.2 Å². The van der Waals surface area contributed by atoms with Crippen LogP contribution in [0.4, 0.5) is 21.0 Å². The molecular weight excluding hydrogens is 399 g/mol. The van der Waals surface area contributed by atoms with Crippen LogP contribution >= 0.6 is 23.1 Å². The van der Waals surface area contributed by atoms with E-state index in [2.05, 4.69) is 39.8 Å². The Balaban J connectivity index is 1.59. The smallest absolute Gasteiger partial charge is 0.238 e. The Morgan fingerprint density at radius 2 is 2.14 bits per heavy atom. The molecule has 3 rings (SSSR count). The van der Waals surface area contributed by atoms with Crippen molar-refractivity contribution in [3.63, 3.8) is 0 Å². The quantitative estimate of drug-likeness (QED) is 0.514. The number of nitrogens with one attached hydrogen (secondary N) is 2. The highest BCUT2D eigenvalue weighted by Crippen LogP contribution is 2.31. The molecule has 1 aromatic carbocycles. The van der Waals surface area contributed by atoms with Crippen LogP contribution < -0.4 is 10.6 Å². The highest BCUT2D eigenvalue weighted by atomic mass is 32.2. The van der Waals surface area contributed by atoms with E-state index in [1.165, 1.54) is 35.2 Å². The first-order chi connectivity index (χ1) is 13.5. The number of aromatic nitrogens is 4. The third kappa shape index (κ3) is 5.08. The SMILES string of the molecule is CC[C@H](C)n1nccc1NC(=O)[C@H](C)Sc1nnc(Nc2cccc(F)c2)s1. The van der Waals surface area contributed by atoms with Crippen molar-refractivity contribution >= 4 is 45.6 Å². The molecule has 2 N–H and O–H groups in total. The molecule has 0 spiro atoms. The van der Waals surface area contributed by atoms with Gasteiger partial charge in [-0.3, -0.25) is 4.79 Å². The Hall–Kier alpha value is -2.46. The molecule has 0 radical (unpaired) electrons. The van der Waals surface area contributed by atoms with Crippen molar-refractivity contribution in [3.05, 3.63) is 42.3 Å². The van der Waals surface area contributed by atoms with Crippen LogP contribution in [0.5, 0.6) is 0 Å². The maximum absolute atomic E-state index is 13.3. The standard InChI is InChI=1S/C18H21FN6OS2/c1-4-11(2)25-15(8-9-20-25)22-16(26)12(3)27-18-24-23-17(28-18)21-14-7-5-6-13(19)10-14/h5-12H,4H2,1-3H3,(H,21,23)(H,22,26)/t11-,12-/m0/s1. The fourth-order valence-electron chi connectivity index (χ4n) is 2.37. The minimum absolute atomic E-state index is 0.134. The molecule has 10 heteroatoms. The molecule has 0 unspecified atom stereocenters. The topological polar surface area (TPSA) is 84.7 Å². The van der Waals surface area contributed by atoms with Crippen molar-refractivity contribution in [2.75, 3.05) is 10.6 Å². The first-order valence-electron chi connectivity index (χ1n) is 8.83. The molecular formula is C18H21FN6OS2. The normalized spacial score (nSPS) is 13.1. The lowest BCUT2D eigenvalue weighted by atomic mass is 10.3. The molecule has 2 atom stereocenters. The zero-order valence-corrected chi connectivity index (χ0v) is 17.4. The molecule has 0 saturated heterocycles. The number of benzene rings is 1. The largest absolute Gasteiger partial charge is 0.330 e. The van der Waals surface area contributed by atoms with E-state index in [0.717, 1.165) is 6.42 Å². The fraction of sp³-hybridized carbons (Fsp3) is 0.333. The van der Waals surface area contributed by atoms with Crippen LogP contribution in [0.3, 0.4) is 0 Å². The first kappa shape index (κ1) is 20.3. The Kier molecular flexibility index (Phi) is 6.63. The van der Waals surface area contributed by atoms with Crippen LogP contribution in [-0.4, -0.2) is 31.1 Å². The summed E-state index contributed by atoms with van der Waals surface area (Å²) < 4.78 is 15.7. The number of nitrogens with zero attached hydrogens (tertiary/aromatic N) is 4. The van der Waals surface area contributed by atoms with Crippen LogP contribution in [-0.2, 0) is 4.79 Å². The molecule has 0 aliphatic rings. The molecule has 1 amide bonds. The number of anilines is 3. The average Bonchev–Trinajstić information content (AvgIpc) is 3.30. The molecule has 0 aliphatic carbocycles. The van der Waals surface area contributed by atoms with Crippen LogP contribution in [0.2, 0.25) is 0 Å². The summed E-state index contributed by atoms with van der Waals surface area (Å²) in [6, 6.07) is 8.10. The van der Waals surface area contributed by atoms with Gasteiger partial charge in [-0.15, -0.1) is 10.2 Å². The van der Waals surface area contributed by atoms with Crippen molar-refractivity contribution in [1.29, 1.82) is 0 Å². The molecule has 0 bridgehead atoms. The summed E-state index contributed by atoms with van der Waals surface area (Å²) in [5, 5.41) is 18.5. The summed E-state index contributed by atoms with van der Waals surface area (Å²) >= 11 is 2.63. The van der Waals surface area contributed by atoms with Crippen LogP contribution in [0.15, 0.2) is 40.9 Å². The summed E-state index contributed by atoms with van der Waals surface area (Å²) in [5.74, 6) is 0.216. The fourth-order valence-corrected chi connectivity index (χ4v) is 4.28. The molecule has 2 aromatic heterocycles. The number of hydrogen-bond donors (Lipinski definition) is 2. The lowest BCUT2D eigenvalue weighted by molar-refractivity contribution is -0.115. The van der Waals surface area contributed by atoms with E-state index in [-0.39, 0.29) is 23.0 Å². The third-order valence-electron chi connectivity index (χ3n) is 4.06. The Labute approximate surface area is 170 Å². The predicted molar refractivity (Wildman–Crippen MR) is 111 cm³/mol. The number of amides is 1. The second-order valence-electron chi connectivity index (χ2n) is 6.18. The van der Waals surface area contributed by atoms with Crippen molar-refractivity contribution in [2.24, 2.45) is 0 Å². The minimum Gasteiger partial charge on any atom is -0.330 e. The maximum Gasteiger partial charge on any atom is 0.238 e. The molecule has 7 nitrogen and oxygen atoms in total. The lowest BCUT2D eigenvalue weighted by Gasteiger charge is -2.15. The molecule has 28 heavy (non-hydrogen) atoms. The van der Waals surface area contributed by atoms with Gasteiger partial charge in [0, 0.05) is 11.8 Å². The molecule has 148 valence electrons. The summed E-state index contributed by atoms with van der Waals surface area (Å²) in [6.07, 6.45) is 2.59. The van der Waals surface area contributed by atoms with Crippen LogP contribution in [0, 0.1) is 5.82 Å². The second kappa shape index (κ2) is 9.16. The number of hydrogen-bond acceptors (Lipinski definition) is 7. The van der Waals surface area contributed by atoms with Crippen molar-refractivity contribution in [1.82, 2.24) is 20.0 Å². The van der Waals surface area contributed by atoms with Crippen LogP contribution in [0.25, 0.3) is 0 Å². The molecule has 2 heterocycles. The van der Waals surface area contributed by atoms with Gasteiger partial charge >= 0.3 is 0 Å². The van der Waals surface area contributed by atoms with Gasteiger partial charge in [-0.25, -0.2) is 9.07 Å². The summed E-state index contributed by atoms with van der Waals surface area (Å²) in [5.41, 5.74) is 0.594. The highest BCUT2D eigenvalue weighted by molar-refractivity contribution is 8.02. The van der Waals surface area contributed by atoms with Crippen molar-refractivity contribution in [2.45, 2.75) is 42.8 Å². The number of halogens is 1. The molecule has 0 saturated carbocycles. The van der Waals surface area contributed by atoms with E-state index in [9.17, 15) is 9.18 Å². The van der Waals surface area contributed by atoms with Gasteiger partial charge in [0.1, 0.15) is 11.6 Å². The van der Waals surface area contributed by atoms with E-state index >= 15 is 0 Å². The van der Waals surface area contributed by atoms with Gasteiger partial charge in [0.2, 0.25) is 11.0 Å². The van der Waals surface area contributed by atoms with Gasteiger partial charge in [-0.05, 0) is 38.5 Å². The molecule has 3 aromatic rings. The van der Waals surface area contributed by atoms with Gasteiger partial charge in [0.05, 0.1) is 17.5 Å². The van der Waals surface area contributed by atoms with E-state index in [1.807, 2.05) is 6.92 Å². The predicted octanol–water partition coefficient (Wildman–Crippen LogP) is 4.71. The summed E-state index contributed by atoms with van der Waals surface area (Å²) in [6.45, 7) is 5.93. The average molecular weight is 421 g/mol.